The molecule has 0 aliphatic heterocycles. The summed E-state index contributed by atoms with van der Waals surface area (Å²) < 4.78 is 13.6. The van der Waals surface area contributed by atoms with Crippen molar-refractivity contribution in [1.29, 1.82) is 0 Å². The summed E-state index contributed by atoms with van der Waals surface area (Å²) in [5, 5.41) is 11.5. The lowest BCUT2D eigenvalue weighted by Crippen LogP contribution is -2.49. The van der Waals surface area contributed by atoms with E-state index in [1.165, 1.54) is 12.1 Å². The van der Waals surface area contributed by atoms with Gasteiger partial charge in [0.2, 0.25) is 0 Å². The molecular weight excluding hydrogens is 317 g/mol. The number of carbonyl (C=O) groups is 2. The number of hydrogen-bond acceptors (Lipinski definition) is 2. The van der Waals surface area contributed by atoms with Crippen molar-refractivity contribution in [3.05, 3.63) is 34.1 Å². The molecule has 0 radical (unpaired) electrons. The Morgan fingerprint density at radius 2 is 1.89 bits per heavy atom. The molecule has 1 amide bonds. The minimum atomic E-state index is -1.13. The Morgan fingerprint density at radius 1 is 1.32 bits per heavy atom. The van der Waals surface area contributed by atoms with Crippen LogP contribution in [0.5, 0.6) is 0 Å². The maximum absolute atomic E-state index is 13.2. The molecule has 1 atom stereocenters. The SMILES string of the molecule is CC(C)(C)C(NC(=O)c1cc(F)cc(Br)c1)C(=O)O. The van der Waals surface area contributed by atoms with Crippen LogP contribution in [0, 0.1) is 11.2 Å². The van der Waals surface area contributed by atoms with E-state index in [2.05, 4.69) is 21.2 Å². The smallest absolute Gasteiger partial charge is 0.326 e. The summed E-state index contributed by atoms with van der Waals surface area (Å²) in [6, 6.07) is 2.65. The summed E-state index contributed by atoms with van der Waals surface area (Å²) in [5.74, 6) is -2.32. The molecule has 0 aromatic heterocycles. The quantitative estimate of drug-likeness (QED) is 0.894. The van der Waals surface area contributed by atoms with Gasteiger partial charge in [0.15, 0.2) is 0 Å². The van der Waals surface area contributed by atoms with Gasteiger partial charge in [-0.25, -0.2) is 9.18 Å². The molecule has 0 aliphatic carbocycles. The highest BCUT2D eigenvalue weighted by Crippen LogP contribution is 2.21. The largest absolute Gasteiger partial charge is 0.480 e. The zero-order valence-electron chi connectivity index (χ0n) is 10.8. The highest BCUT2D eigenvalue weighted by atomic mass is 79.9. The first kappa shape index (κ1) is 15.6. The van der Waals surface area contributed by atoms with Crippen LogP contribution in [0.1, 0.15) is 31.1 Å². The number of benzene rings is 1. The van der Waals surface area contributed by atoms with Crippen LogP contribution in [0.25, 0.3) is 0 Å². The summed E-state index contributed by atoms with van der Waals surface area (Å²) in [4.78, 5) is 23.1. The molecule has 19 heavy (non-hydrogen) atoms. The van der Waals surface area contributed by atoms with Crippen molar-refractivity contribution in [3.63, 3.8) is 0 Å². The molecule has 2 N–H and O–H groups in total. The van der Waals surface area contributed by atoms with Crippen molar-refractivity contribution >= 4 is 27.8 Å². The van der Waals surface area contributed by atoms with E-state index in [0.29, 0.717) is 4.47 Å². The van der Waals surface area contributed by atoms with E-state index in [-0.39, 0.29) is 5.56 Å². The van der Waals surface area contributed by atoms with Gasteiger partial charge >= 0.3 is 5.97 Å². The zero-order valence-corrected chi connectivity index (χ0v) is 12.4. The van der Waals surface area contributed by atoms with Crippen molar-refractivity contribution < 1.29 is 19.1 Å². The summed E-state index contributed by atoms with van der Waals surface area (Å²) >= 11 is 3.08. The molecule has 4 nitrogen and oxygen atoms in total. The van der Waals surface area contributed by atoms with Crippen molar-refractivity contribution in [2.45, 2.75) is 26.8 Å². The van der Waals surface area contributed by atoms with Crippen molar-refractivity contribution in [2.24, 2.45) is 5.41 Å². The number of hydrogen-bond donors (Lipinski definition) is 2. The third-order valence-electron chi connectivity index (χ3n) is 2.51. The predicted molar refractivity (Wildman–Crippen MR) is 72.4 cm³/mol. The average molecular weight is 332 g/mol. The fourth-order valence-corrected chi connectivity index (χ4v) is 2.01. The molecule has 104 valence electrons. The summed E-state index contributed by atoms with van der Waals surface area (Å²) in [5.41, 5.74) is -0.575. The topological polar surface area (TPSA) is 66.4 Å². The number of amides is 1. The number of nitrogens with one attached hydrogen (secondary N) is 1. The predicted octanol–water partition coefficient (Wildman–Crippen LogP) is 2.82. The van der Waals surface area contributed by atoms with Gasteiger partial charge in [-0.05, 0) is 23.6 Å². The van der Waals surface area contributed by atoms with Gasteiger partial charge < -0.3 is 10.4 Å². The fraction of sp³-hybridized carbons (Fsp3) is 0.385. The van der Waals surface area contributed by atoms with E-state index in [0.717, 1.165) is 6.07 Å². The molecule has 0 bridgehead atoms. The standard InChI is InChI=1S/C13H15BrFNO3/c1-13(2,3)10(12(18)19)16-11(17)7-4-8(14)6-9(15)5-7/h4-6,10H,1-3H3,(H,16,17)(H,18,19). The number of carboxylic acid groups (broad SMARTS) is 1. The van der Waals surface area contributed by atoms with E-state index in [1.807, 2.05) is 0 Å². The van der Waals surface area contributed by atoms with E-state index >= 15 is 0 Å². The van der Waals surface area contributed by atoms with Gasteiger partial charge in [-0.3, -0.25) is 4.79 Å². The van der Waals surface area contributed by atoms with E-state index in [9.17, 15) is 14.0 Å². The maximum atomic E-state index is 13.2. The van der Waals surface area contributed by atoms with Gasteiger partial charge in [0, 0.05) is 10.0 Å². The third-order valence-corrected chi connectivity index (χ3v) is 2.97. The molecular formula is C13H15BrFNO3. The van der Waals surface area contributed by atoms with Crippen LogP contribution in [-0.2, 0) is 4.79 Å². The van der Waals surface area contributed by atoms with Crippen LogP contribution in [-0.4, -0.2) is 23.0 Å². The van der Waals surface area contributed by atoms with Gasteiger partial charge in [0.05, 0.1) is 0 Å². The molecule has 0 saturated carbocycles. The zero-order chi connectivity index (χ0) is 14.8. The first-order chi connectivity index (χ1) is 8.61. The second-order valence-electron chi connectivity index (χ2n) is 5.27. The number of aliphatic carboxylic acids is 1. The van der Waals surface area contributed by atoms with Gasteiger partial charge in [-0.2, -0.15) is 0 Å². The highest BCUT2D eigenvalue weighted by molar-refractivity contribution is 9.10. The van der Waals surface area contributed by atoms with Crippen LogP contribution in [0.4, 0.5) is 4.39 Å². The fourth-order valence-electron chi connectivity index (χ4n) is 1.55. The maximum Gasteiger partial charge on any atom is 0.326 e. The molecule has 0 saturated heterocycles. The van der Waals surface area contributed by atoms with Gasteiger partial charge in [0.1, 0.15) is 11.9 Å². The van der Waals surface area contributed by atoms with Gasteiger partial charge in [0.25, 0.3) is 5.91 Å². The lowest BCUT2D eigenvalue weighted by Gasteiger charge is -2.27. The number of carbonyl (C=O) groups excluding carboxylic acids is 1. The molecule has 6 heteroatoms. The van der Waals surface area contributed by atoms with E-state index in [1.54, 1.807) is 20.8 Å². The Hall–Kier alpha value is -1.43. The van der Waals surface area contributed by atoms with E-state index < -0.39 is 29.2 Å². The molecule has 0 spiro atoms. The second-order valence-corrected chi connectivity index (χ2v) is 6.18. The number of carboxylic acids is 1. The highest BCUT2D eigenvalue weighted by Gasteiger charge is 2.32. The van der Waals surface area contributed by atoms with Crippen LogP contribution in [0.15, 0.2) is 22.7 Å². The molecule has 1 aromatic rings. The molecule has 0 heterocycles. The van der Waals surface area contributed by atoms with E-state index in [4.69, 9.17) is 5.11 Å². The second kappa shape index (κ2) is 5.69. The van der Waals surface area contributed by atoms with Crippen molar-refractivity contribution in [1.82, 2.24) is 5.32 Å². The minimum Gasteiger partial charge on any atom is -0.480 e. The normalized spacial score (nSPS) is 12.9. The van der Waals surface area contributed by atoms with Crippen molar-refractivity contribution in [2.75, 3.05) is 0 Å². The number of rotatable bonds is 3. The number of halogens is 2. The summed E-state index contributed by atoms with van der Waals surface area (Å²) in [7, 11) is 0. The van der Waals surface area contributed by atoms with Crippen LogP contribution >= 0.6 is 15.9 Å². The Morgan fingerprint density at radius 3 is 2.32 bits per heavy atom. The lowest BCUT2D eigenvalue weighted by atomic mass is 9.86. The third kappa shape index (κ3) is 4.31. The van der Waals surface area contributed by atoms with Crippen LogP contribution < -0.4 is 5.32 Å². The van der Waals surface area contributed by atoms with Gasteiger partial charge in [-0.15, -0.1) is 0 Å². The minimum absolute atomic E-state index is 0.0716. The summed E-state index contributed by atoms with van der Waals surface area (Å²) in [6.45, 7) is 5.11. The van der Waals surface area contributed by atoms with Crippen molar-refractivity contribution in [3.8, 4) is 0 Å². The average Bonchev–Trinajstić information content (AvgIpc) is 2.21. The Kier molecular flexibility index (Phi) is 4.68. The van der Waals surface area contributed by atoms with Gasteiger partial charge in [-0.1, -0.05) is 36.7 Å². The monoisotopic (exact) mass is 331 g/mol. The molecule has 1 unspecified atom stereocenters. The first-order valence-corrected chi connectivity index (χ1v) is 6.40. The molecule has 0 aliphatic rings. The van der Waals surface area contributed by atoms with Crippen LogP contribution in [0.2, 0.25) is 0 Å². The summed E-state index contributed by atoms with van der Waals surface area (Å²) in [6.07, 6.45) is 0. The molecule has 1 rings (SSSR count). The Labute approximate surface area is 119 Å². The molecule has 0 fully saturated rings. The molecule has 1 aromatic carbocycles. The Balaban J connectivity index is 2.97. The van der Waals surface area contributed by atoms with Crippen LogP contribution in [0.3, 0.4) is 0 Å². The first-order valence-electron chi connectivity index (χ1n) is 5.61. The Bertz CT molecular complexity index is 491. The lowest BCUT2D eigenvalue weighted by molar-refractivity contribution is -0.142.